The highest BCUT2D eigenvalue weighted by atomic mass is 16.3. The fourth-order valence-electron chi connectivity index (χ4n) is 4.57. The third-order valence-corrected chi connectivity index (χ3v) is 5.73. The van der Waals surface area contributed by atoms with Crippen LogP contribution in [0.2, 0.25) is 0 Å². The third kappa shape index (κ3) is 2.63. The lowest BCUT2D eigenvalue weighted by Gasteiger charge is -2.30. The minimum Gasteiger partial charge on any atom is -0.396 e. The van der Waals surface area contributed by atoms with Crippen molar-refractivity contribution in [2.75, 3.05) is 6.61 Å². The molecule has 1 heterocycles. The quantitative estimate of drug-likeness (QED) is 0.886. The van der Waals surface area contributed by atoms with Crippen LogP contribution in [0.15, 0.2) is 30.6 Å². The first kappa shape index (κ1) is 14.7. The molecule has 4 unspecified atom stereocenters. The van der Waals surface area contributed by atoms with E-state index >= 15 is 0 Å². The van der Waals surface area contributed by atoms with E-state index in [4.69, 9.17) is 0 Å². The Morgan fingerprint density at radius 1 is 1.30 bits per heavy atom. The van der Waals surface area contributed by atoms with Crippen molar-refractivity contribution < 1.29 is 9.90 Å². The molecule has 2 saturated carbocycles. The number of amides is 1. The van der Waals surface area contributed by atoms with Gasteiger partial charge in [0.05, 0.1) is 17.4 Å². The first-order chi connectivity index (χ1) is 11.3. The molecule has 2 aromatic rings. The number of hydrogen-bond donors (Lipinski definition) is 2. The van der Waals surface area contributed by atoms with E-state index in [1.54, 1.807) is 6.33 Å². The molecule has 0 saturated heterocycles. The van der Waals surface area contributed by atoms with Crippen LogP contribution in [-0.4, -0.2) is 33.2 Å². The van der Waals surface area contributed by atoms with Crippen LogP contribution in [0.5, 0.6) is 0 Å². The topological polar surface area (TPSA) is 67.2 Å². The van der Waals surface area contributed by atoms with E-state index in [0.29, 0.717) is 24.8 Å². The highest BCUT2D eigenvalue weighted by molar-refractivity contribution is 5.77. The Labute approximate surface area is 135 Å². The van der Waals surface area contributed by atoms with Crippen molar-refractivity contribution in [3.8, 4) is 0 Å². The molecule has 5 nitrogen and oxygen atoms in total. The molecule has 1 amide bonds. The van der Waals surface area contributed by atoms with Crippen molar-refractivity contribution in [1.82, 2.24) is 14.9 Å². The summed E-state index contributed by atoms with van der Waals surface area (Å²) in [7, 11) is 0. The zero-order valence-electron chi connectivity index (χ0n) is 13.2. The number of aromatic nitrogens is 2. The first-order valence-corrected chi connectivity index (χ1v) is 8.56. The predicted octanol–water partition coefficient (Wildman–Crippen LogP) is 1.95. The summed E-state index contributed by atoms with van der Waals surface area (Å²) in [5.41, 5.74) is 2.02. The average molecular weight is 313 g/mol. The summed E-state index contributed by atoms with van der Waals surface area (Å²) in [6.07, 6.45) is 5.82. The number of hydrogen-bond acceptors (Lipinski definition) is 3. The summed E-state index contributed by atoms with van der Waals surface area (Å²) in [4.78, 5) is 16.7. The van der Waals surface area contributed by atoms with Crippen LogP contribution < -0.4 is 5.32 Å². The van der Waals surface area contributed by atoms with E-state index in [1.165, 1.54) is 19.3 Å². The number of para-hydroxylation sites is 2. The maximum Gasteiger partial charge on any atom is 0.222 e. The second-order valence-electron chi connectivity index (χ2n) is 6.95. The number of benzene rings is 1. The van der Waals surface area contributed by atoms with Gasteiger partial charge in [-0.15, -0.1) is 0 Å². The number of imidazole rings is 1. The number of aliphatic hydroxyl groups is 1. The summed E-state index contributed by atoms with van der Waals surface area (Å²) < 4.78 is 2.03. The van der Waals surface area contributed by atoms with Gasteiger partial charge in [0, 0.05) is 31.5 Å². The van der Waals surface area contributed by atoms with E-state index in [-0.39, 0.29) is 24.5 Å². The van der Waals surface area contributed by atoms with Crippen LogP contribution >= 0.6 is 0 Å². The van der Waals surface area contributed by atoms with Crippen LogP contribution in [0.3, 0.4) is 0 Å². The van der Waals surface area contributed by atoms with Gasteiger partial charge in [0.25, 0.3) is 0 Å². The Bertz CT molecular complexity index is 711. The summed E-state index contributed by atoms with van der Waals surface area (Å²) in [5, 5.41) is 12.8. The van der Waals surface area contributed by atoms with Gasteiger partial charge in [-0.2, -0.15) is 0 Å². The van der Waals surface area contributed by atoms with Crippen molar-refractivity contribution in [2.45, 2.75) is 38.3 Å². The maximum atomic E-state index is 12.3. The lowest BCUT2D eigenvalue weighted by atomic mass is 9.85. The smallest absolute Gasteiger partial charge is 0.222 e. The predicted molar refractivity (Wildman–Crippen MR) is 87.7 cm³/mol. The van der Waals surface area contributed by atoms with E-state index < -0.39 is 0 Å². The van der Waals surface area contributed by atoms with Gasteiger partial charge in [-0.1, -0.05) is 12.1 Å². The largest absolute Gasteiger partial charge is 0.396 e. The normalized spacial score (nSPS) is 29.3. The lowest BCUT2D eigenvalue weighted by Crippen LogP contribution is -2.45. The number of aliphatic hydroxyl groups excluding tert-OH is 1. The fourth-order valence-corrected chi connectivity index (χ4v) is 4.57. The molecule has 2 N–H and O–H groups in total. The lowest BCUT2D eigenvalue weighted by molar-refractivity contribution is -0.122. The van der Waals surface area contributed by atoms with Gasteiger partial charge in [0.15, 0.2) is 0 Å². The second-order valence-corrected chi connectivity index (χ2v) is 6.95. The van der Waals surface area contributed by atoms with Crippen LogP contribution in [0.25, 0.3) is 11.0 Å². The van der Waals surface area contributed by atoms with Gasteiger partial charge < -0.3 is 15.0 Å². The molecule has 1 aromatic carbocycles. The molecule has 2 aliphatic rings. The molecule has 2 fully saturated rings. The van der Waals surface area contributed by atoms with Gasteiger partial charge in [0.1, 0.15) is 0 Å². The molecular weight excluding hydrogens is 290 g/mol. The van der Waals surface area contributed by atoms with E-state index in [2.05, 4.69) is 10.3 Å². The first-order valence-electron chi connectivity index (χ1n) is 8.56. The number of nitrogens with zero attached hydrogens (tertiary/aromatic N) is 2. The molecule has 2 bridgehead atoms. The highest BCUT2D eigenvalue weighted by Gasteiger charge is 2.47. The van der Waals surface area contributed by atoms with Gasteiger partial charge in [-0.25, -0.2) is 4.98 Å². The summed E-state index contributed by atoms with van der Waals surface area (Å²) in [6.45, 7) is 0.829. The molecule has 0 aliphatic heterocycles. The molecule has 4 rings (SSSR count). The van der Waals surface area contributed by atoms with Gasteiger partial charge in [-0.3, -0.25) is 4.79 Å². The highest BCUT2D eigenvalue weighted by Crippen LogP contribution is 2.48. The van der Waals surface area contributed by atoms with E-state index in [9.17, 15) is 9.90 Å². The second kappa shape index (κ2) is 5.96. The molecule has 122 valence electrons. The Balaban J connectivity index is 1.37. The Morgan fingerprint density at radius 3 is 3.00 bits per heavy atom. The van der Waals surface area contributed by atoms with Crippen molar-refractivity contribution in [3.63, 3.8) is 0 Å². The number of aryl methyl sites for hydroxylation is 1. The Hall–Kier alpha value is -1.88. The molecule has 1 aromatic heterocycles. The minimum absolute atomic E-state index is 0.0822. The molecule has 5 heteroatoms. The molecule has 0 radical (unpaired) electrons. The van der Waals surface area contributed by atoms with Gasteiger partial charge >= 0.3 is 0 Å². The SMILES string of the molecule is O=C(CCn1cnc2ccccc21)NC1C2CCC(C2)C1CO. The number of nitrogens with one attached hydrogen (secondary N) is 1. The number of fused-ring (bicyclic) bond motifs is 3. The van der Waals surface area contributed by atoms with Crippen LogP contribution in [0.1, 0.15) is 25.7 Å². The molecular formula is C18H23N3O2. The third-order valence-electron chi connectivity index (χ3n) is 5.73. The number of rotatable bonds is 5. The van der Waals surface area contributed by atoms with Crippen LogP contribution in [0, 0.1) is 17.8 Å². The monoisotopic (exact) mass is 313 g/mol. The fraction of sp³-hybridized carbons (Fsp3) is 0.556. The molecule has 4 atom stereocenters. The van der Waals surface area contributed by atoms with Gasteiger partial charge in [-0.05, 0) is 43.2 Å². The average Bonchev–Trinajstić information content (AvgIpc) is 3.27. The zero-order valence-corrected chi connectivity index (χ0v) is 13.2. The molecule has 2 aliphatic carbocycles. The van der Waals surface area contributed by atoms with Crippen molar-refractivity contribution in [3.05, 3.63) is 30.6 Å². The standard InChI is InChI=1S/C18H23N3O2/c22-10-14-12-5-6-13(9-12)18(14)20-17(23)7-8-21-11-19-15-3-1-2-4-16(15)21/h1-4,11-14,18,22H,5-10H2,(H,20,23). The Morgan fingerprint density at radius 2 is 2.13 bits per heavy atom. The van der Waals surface area contributed by atoms with Crippen LogP contribution in [0.4, 0.5) is 0 Å². The van der Waals surface area contributed by atoms with E-state index in [1.807, 2.05) is 28.8 Å². The minimum atomic E-state index is 0.0822. The van der Waals surface area contributed by atoms with E-state index in [0.717, 1.165) is 11.0 Å². The van der Waals surface area contributed by atoms with Crippen molar-refractivity contribution >= 4 is 16.9 Å². The Kier molecular flexibility index (Phi) is 3.81. The zero-order chi connectivity index (χ0) is 15.8. The number of carbonyl (C=O) groups is 1. The van der Waals surface area contributed by atoms with Crippen molar-refractivity contribution in [2.24, 2.45) is 17.8 Å². The summed E-state index contributed by atoms with van der Waals surface area (Å²) in [5.74, 6) is 1.51. The maximum absolute atomic E-state index is 12.3. The molecule has 23 heavy (non-hydrogen) atoms. The van der Waals surface area contributed by atoms with Crippen molar-refractivity contribution in [1.29, 1.82) is 0 Å². The summed E-state index contributed by atoms with van der Waals surface area (Å²) in [6, 6.07) is 8.13. The van der Waals surface area contributed by atoms with Gasteiger partial charge in [0.2, 0.25) is 5.91 Å². The van der Waals surface area contributed by atoms with Crippen LogP contribution in [-0.2, 0) is 11.3 Å². The summed E-state index contributed by atoms with van der Waals surface area (Å²) >= 11 is 0. The number of carbonyl (C=O) groups excluding carboxylic acids is 1. The molecule has 0 spiro atoms.